The Balaban J connectivity index is 1.73. The molecule has 1 N–H and O–H groups in total. The first-order valence-corrected chi connectivity index (χ1v) is 12.0. The molecule has 3 rings (SSSR count). The molecule has 1 heterocycles. The largest absolute Gasteiger partial charge is 0.495 e. The van der Waals surface area contributed by atoms with Gasteiger partial charge in [0.1, 0.15) is 10.6 Å². The topological polar surface area (TPSA) is 84.9 Å². The summed E-state index contributed by atoms with van der Waals surface area (Å²) in [5.74, 6) is 0.255. The van der Waals surface area contributed by atoms with Gasteiger partial charge >= 0.3 is 0 Å². The molecule has 9 heteroatoms. The fourth-order valence-corrected chi connectivity index (χ4v) is 5.58. The molecule has 2 aromatic rings. The number of sulfonamides is 1. The lowest BCUT2D eigenvalue weighted by Gasteiger charge is -2.26. The minimum atomic E-state index is -3.76. The van der Waals surface area contributed by atoms with Crippen molar-refractivity contribution in [3.8, 4) is 5.75 Å². The van der Waals surface area contributed by atoms with Crippen molar-refractivity contribution in [2.24, 2.45) is 0 Å². The number of morpholine rings is 1. The normalized spacial score (nSPS) is 15.0. The minimum Gasteiger partial charge on any atom is -0.495 e. The summed E-state index contributed by atoms with van der Waals surface area (Å²) in [6.07, 6.45) is 0. The molecular weight excluding hydrogens is 424 g/mol. The third-order valence-corrected chi connectivity index (χ3v) is 7.82. The van der Waals surface area contributed by atoms with E-state index in [4.69, 9.17) is 9.47 Å². The number of hydrogen-bond acceptors (Lipinski definition) is 6. The summed E-state index contributed by atoms with van der Waals surface area (Å²) in [5, 5.41) is 2.79. The van der Waals surface area contributed by atoms with Gasteiger partial charge in [-0.2, -0.15) is 4.31 Å². The Morgan fingerprint density at radius 1 is 1.17 bits per heavy atom. The summed E-state index contributed by atoms with van der Waals surface area (Å²) in [5.41, 5.74) is 2.71. The molecule has 2 aromatic carbocycles. The average Bonchev–Trinajstić information content (AvgIpc) is 2.73. The first-order valence-electron chi connectivity index (χ1n) is 9.57. The predicted octanol–water partition coefficient (Wildman–Crippen LogP) is 3.06. The van der Waals surface area contributed by atoms with Crippen molar-refractivity contribution in [3.63, 3.8) is 0 Å². The Hall–Kier alpha value is -2.07. The molecule has 0 aromatic heterocycles. The van der Waals surface area contributed by atoms with E-state index >= 15 is 0 Å². The van der Waals surface area contributed by atoms with Gasteiger partial charge in [-0.1, -0.05) is 17.7 Å². The van der Waals surface area contributed by atoms with Gasteiger partial charge < -0.3 is 14.8 Å². The van der Waals surface area contributed by atoms with Crippen LogP contribution in [0, 0.1) is 13.8 Å². The van der Waals surface area contributed by atoms with Crippen molar-refractivity contribution in [1.29, 1.82) is 0 Å². The van der Waals surface area contributed by atoms with E-state index in [1.807, 2.05) is 26.0 Å². The van der Waals surface area contributed by atoms with Crippen LogP contribution >= 0.6 is 11.8 Å². The summed E-state index contributed by atoms with van der Waals surface area (Å²) >= 11 is 1.45. The standard InChI is InChI=1S/C21H26N2O5S2/c1-15-4-7-19(16(2)12-15)29-14-21(24)22-17-5-6-18(27-3)20(13-17)30(25,26)23-8-10-28-11-9-23/h4-7,12-13H,8-11,14H2,1-3H3,(H,22,24). The maximum Gasteiger partial charge on any atom is 0.246 e. The molecule has 0 spiro atoms. The van der Waals surface area contributed by atoms with Crippen molar-refractivity contribution in [2.45, 2.75) is 23.6 Å². The van der Waals surface area contributed by atoms with Crippen LogP contribution in [0.1, 0.15) is 11.1 Å². The van der Waals surface area contributed by atoms with Crippen LogP contribution < -0.4 is 10.1 Å². The molecule has 1 aliphatic heterocycles. The number of thioether (sulfide) groups is 1. The molecule has 0 saturated carbocycles. The number of hydrogen-bond donors (Lipinski definition) is 1. The summed E-state index contributed by atoms with van der Waals surface area (Å²) in [6.45, 7) is 5.32. The van der Waals surface area contributed by atoms with E-state index < -0.39 is 10.0 Å². The van der Waals surface area contributed by atoms with Crippen molar-refractivity contribution in [1.82, 2.24) is 4.31 Å². The van der Waals surface area contributed by atoms with Crippen LogP contribution in [0.5, 0.6) is 5.75 Å². The smallest absolute Gasteiger partial charge is 0.246 e. The van der Waals surface area contributed by atoms with Crippen molar-refractivity contribution in [3.05, 3.63) is 47.5 Å². The molecular formula is C21H26N2O5S2. The number of benzene rings is 2. The van der Waals surface area contributed by atoms with Crippen LogP contribution in [0.15, 0.2) is 46.2 Å². The van der Waals surface area contributed by atoms with E-state index in [2.05, 4.69) is 11.4 Å². The summed E-state index contributed by atoms with van der Waals surface area (Å²) in [6, 6.07) is 10.7. The number of methoxy groups -OCH3 is 1. The second kappa shape index (κ2) is 9.82. The van der Waals surface area contributed by atoms with Gasteiger partial charge in [0.2, 0.25) is 15.9 Å². The lowest BCUT2D eigenvalue weighted by Crippen LogP contribution is -2.40. The van der Waals surface area contributed by atoms with Crippen molar-refractivity contribution in [2.75, 3.05) is 44.5 Å². The van der Waals surface area contributed by atoms with Gasteiger partial charge in [-0.05, 0) is 43.7 Å². The van der Waals surface area contributed by atoms with Crippen LogP contribution in [0.3, 0.4) is 0 Å². The molecule has 162 valence electrons. The zero-order valence-electron chi connectivity index (χ0n) is 17.3. The Labute approximate surface area is 181 Å². The number of rotatable bonds is 7. The van der Waals surface area contributed by atoms with Crippen LogP contribution in [0.25, 0.3) is 0 Å². The Bertz CT molecular complexity index is 1020. The summed E-state index contributed by atoms with van der Waals surface area (Å²) in [7, 11) is -2.33. The summed E-state index contributed by atoms with van der Waals surface area (Å²) < 4.78 is 38.0. The lowest BCUT2D eigenvalue weighted by atomic mass is 10.2. The first kappa shape index (κ1) is 22.6. The van der Waals surface area contributed by atoms with Crippen molar-refractivity contribution >= 4 is 33.4 Å². The Morgan fingerprint density at radius 3 is 2.57 bits per heavy atom. The van der Waals surface area contributed by atoms with E-state index in [1.165, 1.54) is 34.8 Å². The third kappa shape index (κ3) is 5.34. The second-order valence-corrected chi connectivity index (χ2v) is 9.91. The van der Waals surface area contributed by atoms with Gasteiger partial charge in [-0.15, -0.1) is 11.8 Å². The number of carbonyl (C=O) groups is 1. The molecule has 0 unspecified atom stereocenters. The molecule has 1 aliphatic rings. The zero-order valence-corrected chi connectivity index (χ0v) is 18.9. The van der Waals surface area contributed by atoms with E-state index in [9.17, 15) is 13.2 Å². The highest BCUT2D eigenvalue weighted by molar-refractivity contribution is 8.00. The lowest BCUT2D eigenvalue weighted by molar-refractivity contribution is -0.113. The van der Waals surface area contributed by atoms with Gasteiger partial charge in [-0.3, -0.25) is 4.79 Å². The van der Waals surface area contributed by atoms with E-state index in [-0.39, 0.29) is 35.4 Å². The number of amides is 1. The summed E-state index contributed by atoms with van der Waals surface area (Å²) in [4.78, 5) is 13.5. The first-order chi connectivity index (χ1) is 14.3. The number of nitrogens with zero attached hydrogens (tertiary/aromatic N) is 1. The average molecular weight is 451 g/mol. The van der Waals surface area contributed by atoms with Crippen LogP contribution in [-0.2, 0) is 19.6 Å². The highest BCUT2D eigenvalue weighted by atomic mass is 32.2. The SMILES string of the molecule is COc1ccc(NC(=O)CSc2ccc(C)cc2C)cc1S(=O)(=O)N1CCOCC1. The number of ether oxygens (including phenoxy) is 2. The van der Waals surface area contributed by atoms with E-state index in [0.29, 0.717) is 18.9 Å². The molecule has 30 heavy (non-hydrogen) atoms. The monoisotopic (exact) mass is 450 g/mol. The molecule has 7 nitrogen and oxygen atoms in total. The molecule has 0 bridgehead atoms. The van der Waals surface area contributed by atoms with E-state index in [1.54, 1.807) is 12.1 Å². The number of aryl methyl sites for hydroxylation is 2. The molecule has 0 radical (unpaired) electrons. The fourth-order valence-electron chi connectivity index (χ4n) is 3.18. The molecule has 1 fully saturated rings. The van der Waals surface area contributed by atoms with Gasteiger partial charge in [0.25, 0.3) is 0 Å². The second-order valence-electron chi connectivity index (χ2n) is 6.99. The van der Waals surface area contributed by atoms with Crippen LogP contribution in [0.2, 0.25) is 0 Å². The molecule has 0 aliphatic carbocycles. The minimum absolute atomic E-state index is 0.0340. The van der Waals surface area contributed by atoms with Crippen LogP contribution in [-0.4, -0.2) is 57.8 Å². The van der Waals surface area contributed by atoms with Crippen molar-refractivity contribution < 1.29 is 22.7 Å². The molecule has 1 saturated heterocycles. The maximum atomic E-state index is 13.1. The maximum absolute atomic E-state index is 13.1. The van der Waals surface area contributed by atoms with Gasteiger partial charge in [0.05, 0.1) is 26.1 Å². The van der Waals surface area contributed by atoms with Gasteiger partial charge in [0.15, 0.2) is 0 Å². The number of nitrogens with one attached hydrogen (secondary N) is 1. The zero-order chi connectivity index (χ0) is 21.7. The third-order valence-electron chi connectivity index (χ3n) is 4.72. The highest BCUT2D eigenvalue weighted by Crippen LogP contribution is 2.30. The molecule has 0 atom stereocenters. The van der Waals surface area contributed by atoms with Crippen LogP contribution in [0.4, 0.5) is 5.69 Å². The number of carbonyl (C=O) groups excluding carboxylic acids is 1. The predicted molar refractivity (Wildman–Crippen MR) is 118 cm³/mol. The Kier molecular flexibility index (Phi) is 7.41. The molecule has 1 amide bonds. The highest BCUT2D eigenvalue weighted by Gasteiger charge is 2.29. The van der Waals surface area contributed by atoms with Gasteiger partial charge in [-0.25, -0.2) is 8.42 Å². The quantitative estimate of drug-likeness (QED) is 0.653. The van der Waals surface area contributed by atoms with Gasteiger partial charge in [0, 0.05) is 23.7 Å². The Morgan fingerprint density at radius 2 is 1.90 bits per heavy atom. The van der Waals surface area contributed by atoms with E-state index in [0.717, 1.165) is 10.5 Å². The fraction of sp³-hybridized carbons (Fsp3) is 0.381. The number of anilines is 1.